The van der Waals surface area contributed by atoms with Crippen molar-refractivity contribution in [3.05, 3.63) is 17.5 Å². The lowest BCUT2D eigenvalue weighted by molar-refractivity contribution is -0.128. The smallest absolute Gasteiger partial charge is 0.223 e. The maximum absolute atomic E-state index is 12.9. The summed E-state index contributed by atoms with van der Waals surface area (Å²) in [6.45, 7) is 8.46. The number of hydrogen-bond acceptors (Lipinski definition) is 4. The SMILES string of the molecule is CCCO[C@@H]1CC[C@H](C(=O)NCc2cn(CC)nc2C)C[C@H]1NC1CCCC1. The van der Waals surface area contributed by atoms with Crippen LogP contribution < -0.4 is 10.6 Å². The number of aryl methyl sites for hydroxylation is 2. The third-order valence-electron chi connectivity index (χ3n) is 6.32. The quantitative estimate of drug-likeness (QED) is 0.679. The molecule has 0 unspecified atom stereocenters. The molecule has 3 rings (SSSR count). The summed E-state index contributed by atoms with van der Waals surface area (Å²) in [5.74, 6) is 0.248. The summed E-state index contributed by atoms with van der Waals surface area (Å²) in [7, 11) is 0. The van der Waals surface area contributed by atoms with Crippen molar-refractivity contribution in [3.8, 4) is 0 Å². The van der Waals surface area contributed by atoms with E-state index in [4.69, 9.17) is 4.74 Å². The number of hydrogen-bond donors (Lipinski definition) is 2. The van der Waals surface area contributed by atoms with Gasteiger partial charge in [0.15, 0.2) is 0 Å². The van der Waals surface area contributed by atoms with Gasteiger partial charge in [-0.3, -0.25) is 9.48 Å². The number of amides is 1. The maximum Gasteiger partial charge on any atom is 0.223 e. The molecule has 6 heteroatoms. The Morgan fingerprint density at radius 3 is 2.71 bits per heavy atom. The van der Waals surface area contributed by atoms with Gasteiger partial charge in [0.2, 0.25) is 5.91 Å². The monoisotopic (exact) mass is 390 g/mol. The molecule has 2 N–H and O–H groups in total. The number of ether oxygens (including phenoxy) is 1. The van der Waals surface area contributed by atoms with Crippen molar-refractivity contribution in [1.82, 2.24) is 20.4 Å². The van der Waals surface area contributed by atoms with Crippen LogP contribution in [-0.4, -0.2) is 40.5 Å². The first-order valence-corrected chi connectivity index (χ1v) is 11.3. The van der Waals surface area contributed by atoms with Crippen molar-refractivity contribution in [3.63, 3.8) is 0 Å². The van der Waals surface area contributed by atoms with E-state index in [0.717, 1.165) is 50.1 Å². The third kappa shape index (κ3) is 5.57. The van der Waals surface area contributed by atoms with Crippen LogP contribution in [0.5, 0.6) is 0 Å². The Bertz CT molecular complexity index is 624. The minimum absolute atomic E-state index is 0.0712. The molecule has 2 fully saturated rings. The van der Waals surface area contributed by atoms with E-state index in [1.807, 2.05) is 17.8 Å². The number of nitrogens with zero attached hydrogens (tertiary/aromatic N) is 2. The van der Waals surface area contributed by atoms with Gasteiger partial charge in [-0.05, 0) is 52.4 Å². The Morgan fingerprint density at radius 1 is 1.25 bits per heavy atom. The molecule has 0 saturated heterocycles. The molecular weight excluding hydrogens is 352 g/mol. The first-order valence-electron chi connectivity index (χ1n) is 11.3. The number of carbonyl (C=O) groups excluding carboxylic acids is 1. The summed E-state index contributed by atoms with van der Waals surface area (Å²) in [5.41, 5.74) is 2.11. The Labute approximate surface area is 169 Å². The van der Waals surface area contributed by atoms with Crippen molar-refractivity contribution in [1.29, 1.82) is 0 Å². The highest BCUT2D eigenvalue weighted by atomic mass is 16.5. The average Bonchev–Trinajstić information content (AvgIpc) is 3.34. The van der Waals surface area contributed by atoms with Crippen molar-refractivity contribution in [2.24, 2.45) is 5.92 Å². The second-order valence-corrected chi connectivity index (χ2v) is 8.49. The van der Waals surface area contributed by atoms with Gasteiger partial charge in [0.05, 0.1) is 11.8 Å². The molecule has 2 aliphatic carbocycles. The Hall–Kier alpha value is -1.40. The van der Waals surface area contributed by atoms with Crippen LogP contribution in [0.3, 0.4) is 0 Å². The van der Waals surface area contributed by atoms with E-state index < -0.39 is 0 Å². The molecule has 1 aromatic heterocycles. The highest BCUT2D eigenvalue weighted by molar-refractivity contribution is 5.78. The molecule has 3 atom stereocenters. The van der Waals surface area contributed by atoms with Crippen molar-refractivity contribution in [2.45, 2.75) is 103 Å². The van der Waals surface area contributed by atoms with Crippen LogP contribution in [0.2, 0.25) is 0 Å². The first-order chi connectivity index (χ1) is 13.6. The second kappa shape index (κ2) is 10.4. The van der Waals surface area contributed by atoms with Crippen LogP contribution in [-0.2, 0) is 22.6 Å². The number of rotatable bonds is 9. The van der Waals surface area contributed by atoms with Crippen LogP contribution in [0.4, 0.5) is 0 Å². The standard InChI is InChI=1S/C22H38N4O2/c1-4-12-28-21-11-10-17(13-20(21)24-19-8-6-7-9-19)22(27)23-14-18-15-26(5-2)25-16(18)3/h15,17,19-21,24H,4-14H2,1-3H3,(H,23,27)/t17-,20+,21+/m0/s1. The van der Waals surface area contributed by atoms with Crippen LogP contribution in [0.25, 0.3) is 0 Å². The van der Waals surface area contributed by atoms with Crippen molar-refractivity contribution < 1.29 is 9.53 Å². The minimum atomic E-state index is 0.0712. The number of aromatic nitrogens is 2. The zero-order valence-electron chi connectivity index (χ0n) is 17.9. The fourth-order valence-corrected chi connectivity index (χ4v) is 4.64. The van der Waals surface area contributed by atoms with E-state index in [1.54, 1.807) is 0 Å². The molecule has 0 radical (unpaired) electrons. The molecular formula is C22H38N4O2. The average molecular weight is 391 g/mol. The summed E-state index contributed by atoms with van der Waals surface area (Å²) < 4.78 is 8.06. The molecule has 1 aromatic rings. The summed E-state index contributed by atoms with van der Waals surface area (Å²) in [6, 6.07) is 0.894. The van der Waals surface area contributed by atoms with Gasteiger partial charge in [-0.15, -0.1) is 0 Å². The lowest BCUT2D eigenvalue weighted by Gasteiger charge is -2.37. The molecule has 28 heavy (non-hydrogen) atoms. The fraction of sp³-hybridized carbons (Fsp3) is 0.818. The lowest BCUT2D eigenvalue weighted by atomic mass is 9.82. The van der Waals surface area contributed by atoms with Gasteiger partial charge in [-0.25, -0.2) is 0 Å². The molecule has 1 heterocycles. The number of carbonyl (C=O) groups is 1. The van der Waals surface area contributed by atoms with Gasteiger partial charge in [0.1, 0.15) is 0 Å². The largest absolute Gasteiger partial charge is 0.377 e. The molecule has 0 aliphatic heterocycles. The van der Waals surface area contributed by atoms with E-state index in [1.165, 1.54) is 25.7 Å². The first kappa shape index (κ1) is 21.3. The molecule has 0 spiro atoms. The molecule has 2 saturated carbocycles. The maximum atomic E-state index is 12.9. The van der Waals surface area contributed by atoms with E-state index in [-0.39, 0.29) is 17.9 Å². The Kier molecular flexibility index (Phi) is 7.91. The van der Waals surface area contributed by atoms with Crippen molar-refractivity contribution in [2.75, 3.05) is 6.61 Å². The number of nitrogens with one attached hydrogen (secondary N) is 2. The summed E-state index contributed by atoms with van der Waals surface area (Å²) in [4.78, 5) is 12.9. The highest BCUT2D eigenvalue weighted by Crippen LogP contribution is 2.29. The Balaban J connectivity index is 1.55. The lowest BCUT2D eigenvalue weighted by Crippen LogP contribution is -2.51. The molecule has 1 amide bonds. The van der Waals surface area contributed by atoms with Gasteiger partial charge < -0.3 is 15.4 Å². The van der Waals surface area contributed by atoms with Crippen LogP contribution in [0, 0.1) is 12.8 Å². The molecule has 2 aliphatic rings. The van der Waals surface area contributed by atoms with Gasteiger partial charge in [-0.1, -0.05) is 19.8 Å². The third-order valence-corrected chi connectivity index (χ3v) is 6.32. The van der Waals surface area contributed by atoms with Crippen LogP contribution >= 0.6 is 0 Å². The zero-order valence-corrected chi connectivity index (χ0v) is 17.9. The van der Waals surface area contributed by atoms with Gasteiger partial charge in [0.25, 0.3) is 0 Å². The van der Waals surface area contributed by atoms with E-state index >= 15 is 0 Å². The normalized spacial score (nSPS) is 25.9. The second-order valence-electron chi connectivity index (χ2n) is 8.49. The zero-order chi connectivity index (χ0) is 19.9. The van der Waals surface area contributed by atoms with Gasteiger partial charge in [0, 0.05) is 49.5 Å². The predicted molar refractivity (Wildman–Crippen MR) is 111 cm³/mol. The van der Waals surface area contributed by atoms with E-state index in [0.29, 0.717) is 18.6 Å². The Morgan fingerprint density at radius 2 is 2.04 bits per heavy atom. The minimum Gasteiger partial charge on any atom is -0.377 e. The summed E-state index contributed by atoms with van der Waals surface area (Å²) in [6.07, 6.45) is 11.2. The molecule has 158 valence electrons. The van der Waals surface area contributed by atoms with E-state index in [9.17, 15) is 4.79 Å². The van der Waals surface area contributed by atoms with Gasteiger partial charge in [-0.2, -0.15) is 5.10 Å². The molecule has 0 aromatic carbocycles. The molecule has 6 nitrogen and oxygen atoms in total. The fourth-order valence-electron chi connectivity index (χ4n) is 4.64. The summed E-state index contributed by atoms with van der Waals surface area (Å²) >= 11 is 0. The van der Waals surface area contributed by atoms with E-state index in [2.05, 4.69) is 29.6 Å². The topological polar surface area (TPSA) is 68.2 Å². The predicted octanol–water partition coefficient (Wildman–Crippen LogP) is 3.32. The van der Waals surface area contributed by atoms with Crippen LogP contribution in [0.15, 0.2) is 6.20 Å². The van der Waals surface area contributed by atoms with Gasteiger partial charge >= 0.3 is 0 Å². The van der Waals surface area contributed by atoms with Crippen LogP contribution in [0.1, 0.15) is 76.5 Å². The highest BCUT2D eigenvalue weighted by Gasteiger charge is 2.35. The molecule has 0 bridgehead atoms. The van der Waals surface area contributed by atoms with Crippen molar-refractivity contribution >= 4 is 5.91 Å². The summed E-state index contributed by atoms with van der Waals surface area (Å²) in [5, 5.41) is 11.5.